The predicted molar refractivity (Wildman–Crippen MR) is 368 cm³/mol. The molecule has 1 amide bonds. The topological polar surface area (TPSA) is 185 Å². The van der Waals surface area contributed by atoms with Crippen molar-refractivity contribution in [2.45, 2.75) is 159 Å². The maximum Gasteiger partial charge on any atom is 0.303 e. The summed E-state index contributed by atoms with van der Waals surface area (Å²) in [5.74, 6) is -1.05. The van der Waals surface area contributed by atoms with Gasteiger partial charge in [0.15, 0.2) is 25.0 Å². The number of amides is 1. The Morgan fingerprint density at radius 2 is 0.646 bits per heavy atom. The fourth-order valence-corrected chi connectivity index (χ4v) is 12.3. The largest absolute Gasteiger partial charge is 0.457 e. The van der Waals surface area contributed by atoms with Gasteiger partial charge in [-0.05, 0) is 44.5 Å². The standard InChI is InChI=1S/C81H89NO17/c1-4-45-88-80-77(92-52-65-41-25-11-26-42-65)75(91-51-64-39-23-10-24-40-64)73(69(96-80)56-87-48-61-33-17-7-18-34-61)98-81-78(93-53-66-43-27-12-28-44-66)76(71(89-49-62-35-19-8-20-36-62)67(97-81)54-85-46-59-29-13-5-14-30-59)99-79-70(82-57(2)83)74(90-50-63-37-21-9-22-38-63)72(94-58(3)84)68(95-79)55-86-47-60-31-15-6-16-32-60/h4-44,67-81H,1,45-56H2,2-3H3,(H,82,83)/t67-,68-,69-,70-,71+,72-,73-,74-,75+,76+,77-,78-,79+,80-,81+/m1/s1. The molecule has 0 saturated carbocycles. The van der Waals surface area contributed by atoms with Crippen LogP contribution in [0.3, 0.4) is 0 Å². The Hall–Kier alpha value is -8.12. The number of carbonyl (C=O) groups is 2. The van der Waals surface area contributed by atoms with Gasteiger partial charge >= 0.3 is 5.97 Å². The van der Waals surface area contributed by atoms with Gasteiger partial charge in [0.25, 0.3) is 0 Å². The van der Waals surface area contributed by atoms with Gasteiger partial charge in [-0.25, -0.2) is 0 Å². The van der Waals surface area contributed by atoms with Crippen molar-refractivity contribution in [3.63, 3.8) is 0 Å². The van der Waals surface area contributed by atoms with Gasteiger partial charge in [0.05, 0.1) is 79.3 Å². The Labute approximate surface area is 580 Å². The molecule has 1 N–H and O–H groups in total. The number of esters is 1. The van der Waals surface area contributed by atoms with E-state index in [1.807, 2.05) is 243 Å². The lowest BCUT2D eigenvalue weighted by molar-refractivity contribution is -0.389. The first-order valence-corrected chi connectivity index (χ1v) is 33.8. The van der Waals surface area contributed by atoms with Crippen LogP contribution in [0.25, 0.3) is 0 Å². The summed E-state index contributed by atoms with van der Waals surface area (Å²) in [5.41, 5.74) is 7.04. The monoisotopic (exact) mass is 1350 g/mol. The summed E-state index contributed by atoms with van der Waals surface area (Å²) in [7, 11) is 0. The molecule has 0 unspecified atom stereocenters. The van der Waals surface area contributed by atoms with Crippen LogP contribution in [0.4, 0.5) is 0 Å². The molecule has 3 aliphatic heterocycles. The summed E-state index contributed by atoms with van der Waals surface area (Å²) in [6.45, 7) is 7.68. The average molecular weight is 1350 g/mol. The number of hydrogen-bond acceptors (Lipinski definition) is 17. The second-order valence-electron chi connectivity index (χ2n) is 24.6. The van der Waals surface area contributed by atoms with Crippen LogP contribution < -0.4 is 5.32 Å². The minimum atomic E-state index is -1.43. The molecule has 3 heterocycles. The number of carbonyl (C=O) groups excluding carboxylic acids is 2. The summed E-state index contributed by atoms with van der Waals surface area (Å²) >= 11 is 0. The fourth-order valence-electron chi connectivity index (χ4n) is 12.3. The molecule has 3 aliphatic rings. The maximum absolute atomic E-state index is 13.9. The number of ether oxygens (including phenoxy) is 15. The van der Waals surface area contributed by atoms with Gasteiger partial charge in [0.1, 0.15) is 67.1 Å². The highest BCUT2D eigenvalue weighted by Gasteiger charge is 2.58. The van der Waals surface area contributed by atoms with Crippen LogP contribution in [0.2, 0.25) is 0 Å². The van der Waals surface area contributed by atoms with Crippen LogP contribution in [0.5, 0.6) is 0 Å². The van der Waals surface area contributed by atoms with E-state index in [-0.39, 0.29) is 79.3 Å². The van der Waals surface area contributed by atoms with Crippen LogP contribution in [0.15, 0.2) is 255 Å². The molecule has 18 nitrogen and oxygen atoms in total. The number of rotatable bonds is 36. The van der Waals surface area contributed by atoms with E-state index in [0.717, 1.165) is 44.5 Å². The first kappa shape index (κ1) is 72.1. The van der Waals surface area contributed by atoms with E-state index in [1.165, 1.54) is 13.8 Å². The van der Waals surface area contributed by atoms with Crippen LogP contribution in [-0.2, 0) is 133 Å². The van der Waals surface area contributed by atoms with Gasteiger partial charge in [-0.15, -0.1) is 6.58 Å². The van der Waals surface area contributed by atoms with E-state index in [4.69, 9.17) is 71.1 Å². The van der Waals surface area contributed by atoms with E-state index in [2.05, 4.69) is 11.9 Å². The maximum atomic E-state index is 13.9. The van der Waals surface area contributed by atoms with Crippen molar-refractivity contribution in [2.75, 3.05) is 26.4 Å². The summed E-state index contributed by atoms with van der Waals surface area (Å²) < 4.78 is 106. The molecule has 0 radical (unpaired) electrons. The van der Waals surface area contributed by atoms with E-state index < -0.39 is 104 Å². The molecule has 0 aliphatic carbocycles. The Morgan fingerprint density at radius 1 is 0.343 bits per heavy atom. The third-order valence-electron chi connectivity index (χ3n) is 17.1. The molecular formula is C81H89NO17. The van der Waals surface area contributed by atoms with Gasteiger partial charge in [0, 0.05) is 13.8 Å². The van der Waals surface area contributed by atoms with Gasteiger partial charge in [-0.3, -0.25) is 9.59 Å². The van der Waals surface area contributed by atoms with Crippen molar-refractivity contribution in [3.8, 4) is 0 Å². The van der Waals surface area contributed by atoms with Gasteiger partial charge in [-0.2, -0.15) is 0 Å². The van der Waals surface area contributed by atoms with Crippen molar-refractivity contribution in [1.29, 1.82) is 0 Å². The second kappa shape index (κ2) is 38.5. The highest BCUT2D eigenvalue weighted by Crippen LogP contribution is 2.39. The molecule has 0 bridgehead atoms. The molecule has 99 heavy (non-hydrogen) atoms. The molecule has 11 rings (SSSR count). The van der Waals surface area contributed by atoms with Gasteiger partial charge < -0.3 is 76.4 Å². The Balaban J connectivity index is 1.05. The Bertz CT molecular complexity index is 3590. The quantitative estimate of drug-likeness (QED) is 0.0288. The molecule has 3 saturated heterocycles. The highest BCUT2D eigenvalue weighted by molar-refractivity contribution is 5.73. The van der Waals surface area contributed by atoms with Crippen LogP contribution >= 0.6 is 0 Å². The van der Waals surface area contributed by atoms with Gasteiger partial charge in [-0.1, -0.05) is 249 Å². The molecule has 18 heteroatoms. The number of nitrogens with one attached hydrogen (secondary N) is 1. The SMILES string of the molecule is C=CCO[C@@H]1O[C@H](COCc2ccccc2)[C@@H](O[C@@H]2O[C@H](COCc3ccccc3)[C@H](OCc3ccccc3)[C@H](O[C@@H]3O[C@H](COCc4ccccc4)[C@@H](OC(C)=O)[C@H](OCc4ccccc4)[C@H]3NC(C)=O)[C@H]2OCc2ccccc2)[C@H](OCc2ccccc2)[C@H]1OCc1ccccc1. The first-order valence-electron chi connectivity index (χ1n) is 33.8. The molecule has 8 aromatic rings. The number of hydrogen-bond donors (Lipinski definition) is 1. The third kappa shape index (κ3) is 21.7. The van der Waals surface area contributed by atoms with E-state index in [1.54, 1.807) is 6.08 Å². The van der Waals surface area contributed by atoms with Crippen LogP contribution in [0, 0.1) is 0 Å². The minimum absolute atomic E-state index is 0.0160. The normalized spacial score (nSPS) is 25.3. The summed E-state index contributed by atoms with van der Waals surface area (Å²) in [6.07, 6.45) is -14.1. The van der Waals surface area contributed by atoms with Crippen molar-refractivity contribution in [1.82, 2.24) is 5.32 Å². The predicted octanol–water partition coefficient (Wildman–Crippen LogP) is 12.1. The molecule has 0 spiro atoms. The zero-order valence-electron chi connectivity index (χ0n) is 56.0. The average Bonchev–Trinajstić information content (AvgIpc) is 0.776. The van der Waals surface area contributed by atoms with E-state index >= 15 is 0 Å². The lowest BCUT2D eigenvalue weighted by Crippen LogP contribution is -2.70. The Kier molecular flexibility index (Phi) is 28.0. The van der Waals surface area contributed by atoms with E-state index in [0.29, 0.717) is 0 Å². The van der Waals surface area contributed by atoms with Crippen molar-refractivity contribution < 1.29 is 80.6 Å². The molecule has 0 aromatic heterocycles. The van der Waals surface area contributed by atoms with Crippen LogP contribution in [-0.4, -0.2) is 130 Å². The molecule has 3 fully saturated rings. The Morgan fingerprint density at radius 3 is 1.02 bits per heavy atom. The first-order chi connectivity index (χ1) is 48.7. The molecule has 8 aromatic carbocycles. The lowest BCUT2D eigenvalue weighted by atomic mass is 9.94. The number of benzene rings is 8. The third-order valence-corrected chi connectivity index (χ3v) is 17.1. The van der Waals surface area contributed by atoms with Gasteiger partial charge in [0.2, 0.25) is 5.91 Å². The summed E-state index contributed by atoms with van der Waals surface area (Å²) in [4.78, 5) is 27.4. The summed E-state index contributed by atoms with van der Waals surface area (Å²) in [6, 6.07) is 76.9. The zero-order chi connectivity index (χ0) is 68.2. The molecule has 15 atom stereocenters. The zero-order valence-corrected chi connectivity index (χ0v) is 56.0. The highest BCUT2D eigenvalue weighted by atomic mass is 16.8. The van der Waals surface area contributed by atoms with Crippen molar-refractivity contribution in [2.24, 2.45) is 0 Å². The molecule has 520 valence electrons. The van der Waals surface area contributed by atoms with E-state index in [9.17, 15) is 9.59 Å². The summed E-state index contributed by atoms with van der Waals surface area (Å²) in [5, 5.41) is 3.12. The molecular weight excluding hydrogens is 1260 g/mol. The smallest absolute Gasteiger partial charge is 0.303 e. The van der Waals surface area contributed by atoms with Crippen molar-refractivity contribution >= 4 is 11.9 Å². The van der Waals surface area contributed by atoms with Crippen LogP contribution in [0.1, 0.15) is 58.4 Å². The second-order valence-corrected chi connectivity index (χ2v) is 24.6. The lowest BCUT2D eigenvalue weighted by Gasteiger charge is -2.52. The minimum Gasteiger partial charge on any atom is -0.457 e. The fraction of sp³-hybridized carbons (Fsp3) is 0.358. The van der Waals surface area contributed by atoms with Crippen molar-refractivity contribution in [3.05, 3.63) is 300 Å².